The van der Waals surface area contributed by atoms with Crippen LogP contribution in [-0.2, 0) is 0 Å². The minimum atomic E-state index is -0.992. The van der Waals surface area contributed by atoms with E-state index < -0.39 is 5.97 Å². The Kier molecular flexibility index (Phi) is 2.25. The Morgan fingerprint density at radius 2 is 2.33 bits per heavy atom. The van der Waals surface area contributed by atoms with Crippen molar-refractivity contribution in [2.45, 2.75) is 0 Å². The molecule has 1 heterocycles. The Morgan fingerprint density at radius 1 is 1.67 bits per heavy atom. The van der Waals surface area contributed by atoms with Gasteiger partial charge in [-0.25, -0.2) is 15.6 Å². The van der Waals surface area contributed by atoms with Crippen molar-refractivity contribution in [2.24, 2.45) is 5.84 Å². The van der Waals surface area contributed by atoms with Crippen LogP contribution in [0.3, 0.4) is 0 Å². The second-order valence-electron chi connectivity index (χ2n) is 2.32. The van der Waals surface area contributed by atoms with E-state index >= 15 is 0 Å². The van der Waals surface area contributed by atoms with Gasteiger partial charge in [-0.15, -0.1) is 0 Å². The number of carboxylic acids is 1. The van der Waals surface area contributed by atoms with E-state index in [1.54, 1.807) is 13.1 Å². The highest BCUT2D eigenvalue weighted by Gasteiger charge is 2.03. The van der Waals surface area contributed by atoms with Gasteiger partial charge in [-0.05, 0) is 12.1 Å². The summed E-state index contributed by atoms with van der Waals surface area (Å²) >= 11 is 0. The minimum Gasteiger partial charge on any atom is -0.478 e. The summed E-state index contributed by atoms with van der Waals surface area (Å²) < 4.78 is 0. The molecule has 0 amide bonds. The second kappa shape index (κ2) is 3.19. The van der Waals surface area contributed by atoms with E-state index in [1.807, 2.05) is 0 Å². The summed E-state index contributed by atoms with van der Waals surface area (Å²) in [5.74, 6) is 4.90. The Hall–Kier alpha value is -1.62. The largest absolute Gasteiger partial charge is 0.478 e. The zero-order valence-electron chi connectivity index (χ0n) is 6.56. The van der Waals surface area contributed by atoms with Crippen LogP contribution in [0.1, 0.15) is 10.4 Å². The van der Waals surface area contributed by atoms with Gasteiger partial charge >= 0.3 is 5.97 Å². The molecule has 1 aromatic heterocycles. The van der Waals surface area contributed by atoms with Gasteiger partial charge in [0.05, 0.1) is 5.56 Å². The number of rotatable bonds is 2. The van der Waals surface area contributed by atoms with Crippen LogP contribution in [0.2, 0.25) is 0 Å². The third kappa shape index (κ3) is 1.70. The third-order valence-corrected chi connectivity index (χ3v) is 1.36. The number of nitrogens with zero attached hydrogens (tertiary/aromatic N) is 2. The summed E-state index contributed by atoms with van der Waals surface area (Å²) in [5.41, 5.74) is 0.153. The molecule has 0 aliphatic rings. The predicted molar refractivity (Wildman–Crippen MR) is 43.8 cm³/mol. The first-order valence-corrected chi connectivity index (χ1v) is 3.29. The number of hydrazine groups is 1. The highest BCUT2D eigenvalue weighted by atomic mass is 16.4. The summed E-state index contributed by atoms with van der Waals surface area (Å²) in [4.78, 5) is 14.2. The summed E-state index contributed by atoms with van der Waals surface area (Å²) in [6.45, 7) is 0. The molecule has 0 unspecified atom stereocenters. The number of aromatic carboxylic acids is 1. The molecule has 1 aromatic rings. The SMILES string of the molecule is CN(N)c1ccc(C(=O)O)cn1. The van der Waals surface area contributed by atoms with Crippen LogP contribution >= 0.6 is 0 Å². The Balaban J connectivity index is 2.93. The first kappa shape index (κ1) is 8.48. The van der Waals surface area contributed by atoms with Crippen LogP contribution in [0.25, 0.3) is 0 Å². The van der Waals surface area contributed by atoms with Crippen molar-refractivity contribution in [2.75, 3.05) is 12.1 Å². The van der Waals surface area contributed by atoms with E-state index in [1.165, 1.54) is 17.3 Å². The fourth-order valence-electron chi connectivity index (χ4n) is 0.721. The van der Waals surface area contributed by atoms with Crippen molar-refractivity contribution >= 4 is 11.8 Å². The van der Waals surface area contributed by atoms with E-state index in [0.29, 0.717) is 5.82 Å². The monoisotopic (exact) mass is 167 g/mol. The number of nitrogens with two attached hydrogens (primary N) is 1. The van der Waals surface area contributed by atoms with Crippen LogP contribution in [-0.4, -0.2) is 23.1 Å². The molecule has 5 heteroatoms. The maximum Gasteiger partial charge on any atom is 0.337 e. The first-order chi connectivity index (χ1) is 5.61. The molecule has 3 N–H and O–H groups in total. The lowest BCUT2D eigenvalue weighted by Crippen LogP contribution is -2.26. The maximum absolute atomic E-state index is 10.4. The molecule has 0 radical (unpaired) electrons. The van der Waals surface area contributed by atoms with Crippen LogP contribution < -0.4 is 10.9 Å². The number of hydrogen-bond donors (Lipinski definition) is 2. The average molecular weight is 167 g/mol. The van der Waals surface area contributed by atoms with E-state index in [-0.39, 0.29) is 5.56 Å². The molecule has 5 nitrogen and oxygen atoms in total. The van der Waals surface area contributed by atoms with E-state index in [4.69, 9.17) is 10.9 Å². The highest BCUT2D eigenvalue weighted by Crippen LogP contribution is 2.05. The fraction of sp³-hybridized carbons (Fsp3) is 0.143. The highest BCUT2D eigenvalue weighted by molar-refractivity contribution is 5.87. The summed E-state index contributed by atoms with van der Waals surface area (Å²) in [7, 11) is 1.63. The molecule has 64 valence electrons. The third-order valence-electron chi connectivity index (χ3n) is 1.36. The maximum atomic E-state index is 10.4. The van der Waals surface area contributed by atoms with Gasteiger partial charge in [0.15, 0.2) is 0 Å². The van der Waals surface area contributed by atoms with Crippen molar-refractivity contribution in [1.82, 2.24) is 4.98 Å². The molecule has 0 aromatic carbocycles. The van der Waals surface area contributed by atoms with Gasteiger partial charge in [0.1, 0.15) is 5.82 Å². The van der Waals surface area contributed by atoms with Gasteiger partial charge in [-0.2, -0.15) is 0 Å². The molecular weight excluding hydrogens is 158 g/mol. The van der Waals surface area contributed by atoms with E-state index in [9.17, 15) is 4.79 Å². The van der Waals surface area contributed by atoms with Gasteiger partial charge < -0.3 is 5.11 Å². The zero-order chi connectivity index (χ0) is 9.14. The van der Waals surface area contributed by atoms with Crippen molar-refractivity contribution < 1.29 is 9.90 Å². The van der Waals surface area contributed by atoms with Gasteiger partial charge in [0.25, 0.3) is 0 Å². The summed E-state index contributed by atoms with van der Waals surface area (Å²) in [6, 6.07) is 3.00. The second-order valence-corrected chi connectivity index (χ2v) is 2.32. The molecule has 0 saturated heterocycles. The lowest BCUT2D eigenvalue weighted by molar-refractivity contribution is 0.0696. The summed E-state index contributed by atoms with van der Waals surface area (Å²) in [6.07, 6.45) is 1.26. The van der Waals surface area contributed by atoms with Gasteiger partial charge in [0.2, 0.25) is 0 Å². The minimum absolute atomic E-state index is 0.153. The standard InChI is InChI=1S/C7H9N3O2/c1-10(8)6-3-2-5(4-9-6)7(11)12/h2-4H,8H2,1H3,(H,11,12). The smallest absolute Gasteiger partial charge is 0.337 e. The average Bonchev–Trinajstić information content (AvgIpc) is 2.04. The number of hydrogen-bond acceptors (Lipinski definition) is 4. The Morgan fingerprint density at radius 3 is 2.67 bits per heavy atom. The van der Waals surface area contributed by atoms with E-state index in [0.717, 1.165) is 0 Å². The molecule has 0 bridgehead atoms. The lowest BCUT2D eigenvalue weighted by Gasteiger charge is -2.09. The fourth-order valence-corrected chi connectivity index (χ4v) is 0.721. The molecule has 0 spiro atoms. The quantitative estimate of drug-likeness (QED) is 0.482. The number of aromatic nitrogens is 1. The molecule has 0 aliphatic heterocycles. The summed E-state index contributed by atoms with van der Waals surface area (Å²) in [5, 5.41) is 9.84. The molecule has 12 heavy (non-hydrogen) atoms. The van der Waals surface area contributed by atoms with Gasteiger partial charge in [-0.3, -0.25) is 5.01 Å². The first-order valence-electron chi connectivity index (χ1n) is 3.29. The number of carbonyl (C=O) groups is 1. The van der Waals surface area contributed by atoms with Crippen LogP contribution in [0.15, 0.2) is 18.3 Å². The topological polar surface area (TPSA) is 79.5 Å². The Bertz CT molecular complexity index is 281. The van der Waals surface area contributed by atoms with Crippen LogP contribution in [0, 0.1) is 0 Å². The van der Waals surface area contributed by atoms with Crippen molar-refractivity contribution in [3.63, 3.8) is 0 Å². The van der Waals surface area contributed by atoms with E-state index in [2.05, 4.69) is 4.98 Å². The molecule has 0 fully saturated rings. The number of carboxylic acid groups (broad SMARTS) is 1. The predicted octanol–water partition coefficient (Wildman–Crippen LogP) is 0.0897. The van der Waals surface area contributed by atoms with Crippen molar-refractivity contribution in [1.29, 1.82) is 0 Å². The molecule has 1 rings (SSSR count). The van der Waals surface area contributed by atoms with Crippen molar-refractivity contribution in [3.8, 4) is 0 Å². The Labute approximate surface area is 69.4 Å². The molecule has 0 atom stereocenters. The normalized spacial score (nSPS) is 9.50. The molecule has 0 aliphatic carbocycles. The van der Waals surface area contributed by atoms with Gasteiger partial charge in [-0.1, -0.05) is 0 Å². The van der Waals surface area contributed by atoms with Gasteiger partial charge in [0, 0.05) is 13.2 Å². The van der Waals surface area contributed by atoms with Crippen LogP contribution in [0.5, 0.6) is 0 Å². The van der Waals surface area contributed by atoms with Crippen molar-refractivity contribution in [3.05, 3.63) is 23.9 Å². The number of pyridine rings is 1. The van der Waals surface area contributed by atoms with Crippen LogP contribution in [0.4, 0.5) is 5.82 Å². The number of anilines is 1. The lowest BCUT2D eigenvalue weighted by atomic mass is 10.3. The zero-order valence-corrected chi connectivity index (χ0v) is 6.56. The molecular formula is C7H9N3O2. The molecule has 0 saturated carbocycles.